The molecule has 0 saturated carbocycles. The molecule has 0 spiro atoms. The summed E-state index contributed by atoms with van der Waals surface area (Å²) < 4.78 is 0. The monoisotopic (exact) mass is 368 g/mol. The number of hydrogen-bond acceptors (Lipinski definition) is 2. The lowest BCUT2D eigenvalue weighted by Gasteiger charge is -2.26. The van der Waals surface area contributed by atoms with Gasteiger partial charge in [-0.15, -0.1) is 0 Å². The summed E-state index contributed by atoms with van der Waals surface area (Å²) in [4.78, 5) is 26.2. The summed E-state index contributed by atoms with van der Waals surface area (Å²) in [5.41, 5.74) is 2.46. The van der Waals surface area contributed by atoms with E-state index in [-0.39, 0.29) is 23.9 Å². The Morgan fingerprint density at radius 1 is 1.00 bits per heavy atom. The first-order valence-corrected chi connectivity index (χ1v) is 9.21. The number of anilines is 1. The minimum Gasteiger partial charge on any atom is -0.347 e. The van der Waals surface area contributed by atoms with E-state index in [9.17, 15) is 9.59 Å². The van der Waals surface area contributed by atoms with Gasteiger partial charge in [0.2, 0.25) is 0 Å². The molecule has 0 heterocycles. The lowest BCUT2D eigenvalue weighted by molar-refractivity contribution is -0.894. The lowest BCUT2D eigenvalue weighted by Crippen LogP contribution is -3.11. The van der Waals surface area contributed by atoms with E-state index in [0.29, 0.717) is 0 Å². The fourth-order valence-electron chi connectivity index (χ4n) is 2.97. The fraction of sp³-hybridized carbons (Fsp3) is 0.364. The molecule has 0 aliphatic carbocycles. The smallest absolute Gasteiger partial charge is 0.287 e. The zero-order chi connectivity index (χ0) is 20.0. The zero-order valence-corrected chi connectivity index (χ0v) is 16.8. The van der Waals surface area contributed by atoms with E-state index in [1.54, 1.807) is 0 Å². The Balaban J connectivity index is 2.19. The Morgan fingerprint density at radius 3 is 2.15 bits per heavy atom. The molecule has 2 amide bonds. The summed E-state index contributed by atoms with van der Waals surface area (Å²) in [6.45, 7) is 8.04. The highest BCUT2D eigenvalue weighted by Gasteiger charge is 2.31. The standard InChI is InChI=1S/C22H29N3O2/c1-16-11-13-18(14-12-16)23-21(27)20(17-9-7-6-8-10-17)25(5)15-19(26)24-22(2,3)4/h6-14,20H,15H2,1-5H3,(H,23,27)(H,24,26)/p+1/t20-/m0/s1. The van der Waals surface area contributed by atoms with Gasteiger partial charge >= 0.3 is 0 Å². The van der Waals surface area contributed by atoms with Gasteiger partial charge in [0.05, 0.1) is 7.05 Å². The van der Waals surface area contributed by atoms with Crippen LogP contribution in [0.2, 0.25) is 0 Å². The average molecular weight is 369 g/mol. The Hall–Kier alpha value is -2.66. The molecule has 0 aromatic heterocycles. The van der Waals surface area contributed by atoms with Gasteiger partial charge in [-0.1, -0.05) is 48.0 Å². The summed E-state index contributed by atoms with van der Waals surface area (Å²) in [5.74, 6) is -0.213. The SMILES string of the molecule is Cc1ccc(NC(=O)[C@H](c2ccccc2)[NH+](C)CC(=O)NC(C)(C)C)cc1. The highest BCUT2D eigenvalue weighted by atomic mass is 16.2. The van der Waals surface area contributed by atoms with Gasteiger partial charge in [0.25, 0.3) is 11.8 Å². The lowest BCUT2D eigenvalue weighted by atomic mass is 10.0. The number of quaternary nitrogens is 1. The van der Waals surface area contributed by atoms with Crippen molar-refractivity contribution in [1.29, 1.82) is 0 Å². The van der Waals surface area contributed by atoms with Crippen LogP contribution in [0.4, 0.5) is 5.69 Å². The van der Waals surface area contributed by atoms with Crippen molar-refractivity contribution in [2.24, 2.45) is 0 Å². The molecule has 0 fully saturated rings. The van der Waals surface area contributed by atoms with Crippen LogP contribution in [0.3, 0.4) is 0 Å². The van der Waals surface area contributed by atoms with Crippen LogP contribution in [0.1, 0.15) is 37.9 Å². The zero-order valence-electron chi connectivity index (χ0n) is 16.8. The van der Waals surface area contributed by atoms with Crippen LogP contribution in [0.5, 0.6) is 0 Å². The van der Waals surface area contributed by atoms with Gasteiger partial charge in [-0.2, -0.15) is 0 Å². The molecule has 1 unspecified atom stereocenters. The maximum absolute atomic E-state index is 13.0. The normalized spacial score (nSPS) is 13.5. The molecule has 2 atom stereocenters. The van der Waals surface area contributed by atoms with Crippen molar-refractivity contribution < 1.29 is 14.5 Å². The first kappa shape index (κ1) is 20.6. The van der Waals surface area contributed by atoms with Crippen LogP contribution in [0.15, 0.2) is 54.6 Å². The minimum absolute atomic E-state index is 0.0796. The van der Waals surface area contributed by atoms with Crippen molar-refractivity contribution in [2.75, 3.05) is 18.9 Å². The van der Waals surface area contributed by atoms with Gasteiger partial charge < -0.3 is 15.5 Å². The van der Waals surface area contributed by atoms with Crippen molar-refractivity contribution in [3.05, 3.63) is 65.7 Å². The van der Waals surface area contributed by atoms with Crippen LogP contribution < -0.4 is 15.5 Å². The first-order valence-electron chi connectivity index (χ1n) is 9.21. The van der Waals surface area contributed by atoms with Gasteiger partial charge in [-0.25, -0.2) is 0 Å². The number of carbonyl (C=O) groups is 2. The summed E-state index contributed by atoms with van der Waals surface area (Å²) in [6.07, 6.45) is 0. The van der Waals surface area contributed by atoms with Crippen molar-refractivity contribution in [3.63, 3.8) is 0 Å². The number of aryl methyl sites for hydroxylation is 1. The molecule has 0 radical (unpaired) electrons. The van der Waals surface area contributed by atoms with E-state index >= 15 is 0 Å². The van der Waals surface area contributed by atoms with E-state index in [1.807, 2.05) is 89.3 Å². The van der Waals surface area contributed by atoms with E-state index in [0.717, 1.165) is 21.7 Å². The van der Waals surface area contributed by atoms with Crippen molar-refractivity contribution in [2.45, 2.75) is 39.3 Å². The molecule has 27 heavy (non-hydrogen) atoms. The molecule has 5 nitrogen and oxygen atoms in total. The molecule has 2 aromatic rings. The number of likely N-dealkylation sites (N-methyl/N-ethyl adjacent to an activating group) is 1. The number of hydrogen-bond donors (Lipinski definition) is 3. The molecular weight excluding hydrogens is 338 g/mol. The first-order chi connectivity index (χ1) is 12.7. The maximum Gasteiger partial charge on any atom is 0.287 e. The summed E-state index contributed by atoms with van der Waals surface area (Å²) in [6, 6.07) is 16.8. The minimum atomic E-state index is -0.488. The predicted molar refractivity (Wildman–Crippen MR) is 109 cm³/mol. The van der Waals surface area contributed by atoms with Crippen molar-refractivity contribution >= 4 is 17.5 Å². The molecule has 0 bridgehead atoms. The van der Waals surface area contributed by atoms with E-state index in [4.69, 9.17) is 0 Å². The Morgan fingerprint density at radius 2 is 1.59 bits per heavy atom. The highest BCUT2D eigenvalue weighted by Crippen LogP contribution is 2.14. The highest BCUT2D eigenvalue weighted by molar-refractivity contribution is 5.94. The van der Waals surface area contributed by atoms with Crippen molar-refractivity contribution in [1.82, 2.24) is 5.32 Å². The Labute approximate surface area is 161 Å². The summed E-state index contributed by atoms with van der Waals surface area (Å²) in [5, 5.41) is 5.94. The van der Waals surface area contributed by atoms with Crippen LogP contribution in [0.25, 0.3) is 0 Å². The Kier molecular flexibility index (Phi) is 6.75. The van der Waals surface area contributed by atoms with Gasteiger partial charge in [0.1, 0.15) is 0 Å². The van der Waals surface area contributed by atoms with Crippen LogP contribution in [-0.4, -0.2) is 30.9 Å². The Bertz CT molecular complexity index is 764. The topological polar surface area (TPSA) is 62.6 Å². The average Bonchev–Trinajstić information content (AvgIpc) is 2.56. The molecule has 144 valence electrons. The van der Waals surface area contributed by atoms with Crippen molar-refractivity contribution in [3.8, 4) is 0 Å². The third kappa shape index (κ3) is 6.53. The molecule has 2 aromatic carbocycles. The number of amides is 2. The largest absolute Gasteiger partial charge is 0.347 e. The quantitative estimate of drug-likeness (QED) is 0.731. The van der Waals surface area contributed by atoms with Crippen LogP contribution >= 0.6 is 0 Å². The molecule has 0 saturated heterocycles. The van der Waals surface area contributed by atoms with Gasteiger partial charge in [0, 0.05) is 16.8 Å². The molecule has 2 rings (SSSR count). The number of rotatable bonds is 6. The number of benzene rings is 2. The molecule has 0 aliphatic rings. The third-order valence-electron chi connectivity index (χ3n) is 4.16. The molecule has 0 aliphatic heterocycles. The maximum atomic E-state index is 13.0. The number of carbonyl (C=O) groups excluding carboxylic acids is 2. The van der Waals surface area contributed by atoms with E-state index < -0.39 is 6.04 Å². The predicted octanol–water partition coefficient (Wildman–Crippen LogP) is 2.10. The third-order valence-corrected chi connectivity index (χ3v) is 4.16. The summed E-state index contributed by atoms with van der Waals surface area (Å²) >= 11 is 0. The second-order valence-electron chi connectivity index (χ2n) is 8.02. The van der Waals surface area contributed by atoms with E-state index in [1.165, 1.54) is 0 Å². The van der Waals surface area contributed by atoms with Crippen LogP contribution in [-0.2, 0) is 9.59 Å². The fourth-order valence-corrected chi connectivity index (χ4v) is 2.97. The van der Waals surface area contributed by atoms with Gasteiger partial charge in [0.15, 0.2) is 12.6 Å². The van der Waals surface area contributed by atoms with Gasteiger partial charge in [-0.05, 0) is 39.8 Å². The van der Waals surface area contributed by atoms with Gasteiger partial charge in [-0.3, -0.25) is 9.59 Å². The second kappa shape index (κ2) is 8.82. The van der Waals surface area contributed by atoms with Crippen LogP contribution in [0, 0.1) is 6.92 Å². The van der Waals surface area contributed by atoms with E-state index in [2.05, 4.69) is 10.6 Å². The summed E-state index contributed by atoms with van der Waals surface area (Å²) in [7, 11) is 1.87. The molecular formula is C22H30N3O2+. The molecule has 3 N–H and O–H groups in total. The molecule has 5 heteroatoms. The second-order valence-corrected chi connectivity index (χ2v) is 8.02. The number of nitrogens with one attached hydrogen (secondary N) is 3.